The first-order valence-corrected chi connectivity index (χ1v) is 33.6. The number of ether oxygens (including phenoxy) is 3. The van der Waals surface area contributed by atoms with Crippen molar-refractivity contribution in [2.45, 2.75) is 367 Å². The first-order chi connectivity index (χ1) is 37.5. The molecule has 444 valence electrons. The molecule has 6 nitrogen and oxygen atoms in total. The Hall–Kier alpha value is -2.63. The number of allylic oxidation sites excluding steroid dienone is 8. The van der Waals surface area contributed by atoms with Crippen LogP contribution in [0.3, 0.4) is 0 Å². The zero-order chi connectivity index (χ0) is 55.0. The van der Waals surface area contributed by atoms with E-state index in [1.54, 1.807) is 0 Å². The molecule has 76 heavy (non-hydrogen) atoms. The lowest BCUT2D eigenvalue weighted by Crippen LogP contribution is -2.30. The first kappa shape index (κ1) is 73.4. The molecule has 0 saturated carbocycles. The zero-order valence-corrected chi connectivity index (χ0v) is 51.0. The van der Waals surface area contributed by atoms with Crippen molar-refractivity contribution in [2.75, 3.05) is 13.2 Å². The van der Waals surface area contributed by atoms with Crippen molar-refractivity contribution >= 4 is 17.9 Å². The molecule has 1 unspecified atom stereocenters. The van der Waals surface area contributed by atoms with Gasteiger partial charge in [0.1, 0.15) is 13.2 Å². The minimum absolute atomic E-state index is 0.0775. The molecule has 0 aromatic carbocycles. The molecule has 0 amide bonds. The third-order valence-electron chi connectivity index (χ3n) is 15.1. The summed E-state index contributed by atoms with van der Waals surface area (Å²) in [6.07, 6.45) is 81.2. The molecule has 0 spiro atoms. The summed E-state index contributed by atoms with van der Waals surface area (Å²) in [6, 6.07) is 0. The summed E-state index contributed by atoms with van der Waals surface area (Å²) in [6.45, 7) is 6.65. The van der Waals surface area contributed by atoms with Gasteiger partial charge in [-0.2, -0.15) is 0 Å². The maximum atomic E-state index is 12.9. The van der Waals surface area contributed by atoms with E-state index in [0.29, 0.717) is 19.3 Å². The summed E-state index contributed by atoms with van der Waals surface area (Å²) in [4.78, 5) is 38.4. The Labute approximate surface area is 473 Å². The quantitative estimate of drug-likeness (QED) is 0.0261. The molecule has 0 aromatic heterocycles. The van der Waals surface area contributed by atoms with Gasteiger partial charge < -0.3 is 14.2 Å². The van der Waals surface area contributed by atoms with Gasteiger partial charge in [-0.05, 0) is 83.5 Å². The number of esters is 3. The summed E-state index contributed by atoms with van der Waals surface area (Å²) >= 11 is 0. The van der Waals surface area contributed by atoms with E-state index in [1.165, 1.54) is 231 Å². The lowest BCUT2D eigenvalue weighted by atomic mass is 10.0. The van der Waals surface area contributed by atoms with Crippen LogP contribution in [0.2, 0.25) is 0 Å². The number of unbranched alkanes of at least 4 members (excludes halogenated alkanes) is 43. The van der Waals surface area contributed by atoms with Gasteiger partial charge in [-0.1, -0.05) is 307 Å². The molecule has 1 atom stereocenters. The van der Waals surface area contributed by atoms with E-state index < -0.39 is 6.10 Å². The Bertz CT molecular complexity index is 1310. The average molecular weight is 1070 g/mol. The van der Waals surface area contributed by atoms with Gasteiger partial charge in [0, 0.05) is 19.3 Å². The highest BCUT2D eigenvalue weighted by molar-refractivity contribution is 5.71. The molecule has 0 saturated heterocycles. The van der Waals surface area contributed by atoms with E-state index >= 15 is 0 Å². The van der Waals surface area contributed by atoms with E-state index in [2.05, 4.69) is 69.4 Å². The SMILES string of the molecule is CCCCC/C=C\C/C=C\C/C=C\CCCCCCCCC(=O)OC(COC(=O)CCCCCCC/C=C\CCCCCCCC)COC(=O)CCCCCCCCCCCCCCCCCCCCCCCCCC. The van der Waals surface area contributed by atoms with Gasteiger partial charge in [-0.15, -0.1) is 0 Å². The van der Waals surface area contributed by atoms with Crippen molar-refractivity contribution in [3.63, 3.8) is 0 Å². The lowest BCUT2D eigenvalue weighted by molar-refractivity contribution is -0.167. The predicted octanol–water partition coefficient (Wildman–Crippen LogP) is 22.9. The monoisotopic (exact) mass is 1060 g/mol. The number of rotatable bonds is 62. The Balaban J connectivity index is 4.31. The molecule has 0 aliphatic rings. The molecule has 0 bridgehead atoms. The van der Waals surface area contributed by atoms with Crippen molar-refractivity contribution < 1.29 is 28.6 Å². The fourth-order valence-corrected chi connectivity index (χ4v) is 9.98. The highest BCUT2D eigenvalue weighted by Crippen LogP contribution is 2.18. The Morgan fingerprint density at radius 2 is 0.474 bits per heavy atom. The van der Waals surface area contributed by atoms with Crippen molar-refractivity contribution in [3.05, 3.63) is 48.6 Å². The van der Waals surface area contributed by atoms with Gasteiger partial charge in [0.05, 0.1) is 0 Å². The number of carbonyl (C=O) groups is 3. The zero-order valence-electron chi connectivity index (χ0n) is 51.0. The highest BCUT2D eigenvalue weighted by Gasteiger charge is 2.19. The third-order valence-corrected chi connectivity index (χ3v) is 15.1. The summed E-state index contributed by atoms with van der Waals surface area (Å²) in [5.41, 5.74) is 0. The van der Waals surface area contributed by atoms with Crippen LogP contribution in [0.4, 0.5) is 0 Å². The fraction of sp³-hybridized carbons (Fsp3) is 0.843. The normalized spacial score (nSPS) is 12.3. The standard InChI is InChI=1S/C70H128O6/c1-4-7-10-13-16-19-22-25-28-30-32-33-34-35-36-38-39-42-45-48-51-54-57-60-63-69(72)75-66-67(65-74-68(71)62-59-56-53-50-47-44-41-27-24-21-18-15-12-9-6-3)76-70(73)64-61-58-55-52-49-46-43-40-37-31-29-26-23-20-17-14-11-8-5-2/h17,20,26-27,29,37,40-41,67H,4-16,18-19,21-25,28,30-36,38-39,42-66H2,1-3H3/b20-17-,29-26-,40-37-,41-27-. The maximum Gasteiger partial charge on any atom is 0.306 e. The molecule has 0 fully saturated rings. The third kappa shape index (κ3) is 62.2. The van der Waals surface area contributed by atoms with Crippen LogP contribution in [0, 0.1) is 0 Å². The molecule has 0 N–H and O–H groups in total. The van der Waals surface area contributed by atoms with Crippen LogP contribution in [-0.2, 0) is 28.6 Å². The summed E-state index contributed by atoms with van der Waals surface area (Å²) in [5.74, 6) is -0.876. The van der Waals surface area contributed by atoms with Gasteiger partial charge in [-0.25, -0.2) is 0 Å². The Morgan fingerprint density at radius 3 is 0.776 bits per heavy atom. The van der Waals surface area contributed by atoms with Crippen LogP contribution in [0.5, 0.6) is 0 Å². The van der Waals surface area contributed by atoms with E-state index in [-0.39, 0.29) is 31.1 Å². The van der Waals surface area contributed by atoms with E-state index in [1.807, 2.05) is 0 Å². The summed E-state index contributed by atoms with van der Waals surface area (Å²) in [5, 5.41) is 0. The van der Waals surface area contributed by atoms with Crippen LogP contribution < -0.4 is 0 Å². The molecule has 0 aliphatic heterocycles. The van der Waals surface area contributed by atoms with Crippen molar-refractivity contribution in [1.29, 1.82) is 0 Å². The van der Waals surface area contributed by atoms with Gasteiger partial charge in [0.15, 0.2) is 6.10 Å². The second kappa shape index (κ2) is 64.9. The van der Waals surface area contributed by atoms with Crippen LogP contribution in [-0.4, -0.2) is 37.2 Å². The Morgan fingerprint density at radius 1 is 0.263 bits per heavy atom. The van der Waals surface area contributed by atoms with Crippen molar-refractivity contribution in [2.24, 2.45) is 0 Å². The number of hydrogen-bond donors (Lipinski definition) is 0. The predicted molar refractivity (Wildman–Crippen MR) is 330 cm³/mol. The molecule has 0 aliphatic carbocycles. The van der Waals surface area contributed by atoms with E-state index in [9.17, 15) is 14.4 Å². The maximum absolute atomic E-state index is 12.9. The van der Waals surface area contributed by atoms with Crippen LogP contribution in [0.25, 0.3) is 0 Å². The average Bonchev–Trinajstić information content (AvgIpc) is 3.42. The highest BCUT2D eigenvalue weighted by atomic mass is 16.6. The van der Waals surface area contributed by atoms with Gasteiger partial charge >= 0.3 is 17.9 Å². The second-order valence-corrected chi connectivity index (χ2v) is 22.7. The van der Waals surface area contributed by atoms with Gasteiger partial charge in [0.25, 0.3) is 0 Å². The molecule has 6 heteroatoms. The largest absolute Gasteiger partial charge is 0.462 e. The second-order valence-electron chi connectivity index (χ2n) is 22.7. The van der Waals surface area contributed by atoms with Crippen LogP contribution in [0.1, 0.15) is 361 Å². The molecule has 0 heterocycles. The molecule has 0 aromatic rings. The lowest BCUT2D eigenvalue weighted by Gasteiger charge is -2.18. The van der Waals surface area contributed by atoms with Gasteiger partial charge in [-0.3, -0.25) is 14.4 Å². The molecule has 0 rings (SSSR count). The summed E-state index contributed by atoms with van der Waals surface area (Å²) in [7, 11) is 0. The molecule has 0 radical (unpaired) electrons. The summed E-state index contributed by atoms with van der Waals surface area (Å²) < 4.78 is 17.0. The fourth-order valence-electron chi connectivity index (χ4n) is 9.98. The minimum Gasteiger partial charge on any atom is -0.462 e. The van der Waals surface area contributed by atoms with Crippen molar-refractivity contribution in [3.8, 4) is 0 Å². The van der Waals surface area contributed by atoms with E-state index in [0.717, 1.165) is 89.9 Å². The molecular formula is C70H128O6. The van der Waals surface area contributed by atoms with Gasteiger partial charge in [0.2, 0.25) is 0 Å². The van der Waals surface area contributed by atoms with E-state index in [4.69, 9.17) is 14.2 Å². The number of hydrogen-bond acceptors (Lipinski definition) is 6. The van der Waals surface area contributed by atoms with Crippen molar-refractivity contribution in [1.82, 2.24) is 0 Å². The van der Waals surface area contributed by atoms with Crippen LogP contribution >= 0.6 is 0 Å². The minimum atomic E-state index is -0.783. The Kier molecular flexibility index (Phi) is 62.6. The first-order valence-electron chi connectivity index (χ1n) is 33.6. The smallest absolute Gasteiger partial charge is 0.306 e. The molecular weight excluding hydrogens is 937 g/mol. The number of carbonyl (C=O) groups excluding carboxylic acids is 3. The van der Waals surface area contributed by atoms with Crippen LogP contribution in [0.15, 0.2) is 48.6 Å². The topological polar surface area (TPSA) is 78.9 Å².